The van der Waals surface area contributed by atoms with E-state index >= 15 is 0 Å². The van der Waals surface area contributed by atoms with E-state index in [1.807, 2.05) is 6.07 Å². The van der Waals surface area contributed by atoms with Crippen LogP contribution in [0.3, 0.4) is 0 Å². The van der Waals surface area contributed by atoms with Gasteiger partial charge in [-0.1, -0.05) is 12.0 Å². The molecule has 2 rings (SSSR count). The van der Waals surface area contributed by atoms with Crippen LogP contribution in [0, 0.1) is 23.5 Å². The highest BCUT2D eigenvalue weighted by molar-refractivity contribution is 5.90. The van der Waals surface area contributed by atoms with E-state index in [4.69, 9.17) is 0 Å². The van der Waals surface area contributed by atoms with E-state index in [9.17, 15) is 13.6 Å². The van der Waals surface area contributed by atoms with Crippen LogP contribution in [-0.2, 0) is 4.79 Å². The summed E-state index contributed by atoms with van der Waals surface area (Å²) in [5.74, 6) is 3.76. The van der Waals surface area contributed by atoms with Crippen molar-refractivity contribution in [1.82, 2.24) is 4.98 Å². The molecule has 0 radical (unpaired) electrons. The number of nitrogens with one attached hydrogen (secondary N) is 1. The zero-order valence-electron chi connectivity index (χ0n) is 11.1. The second kappa shape index (κ2) is 7.15. The summed E-state index contributed by atoms with van der Waals surface area (Å²) in [6.45, 7) is 0. The first-order chi connectivity index (χ1) is 10.1. The maximum atomic E-state index is 13.3. The number of halogens is 2. The van der Waals surface area contributed by atoms with Gasteiger partial charge >= 0.3 is 0 Å². The number of carbonyl (C=O) groups excluding carboxylic acids is 1. The first kappa shape index (κ1) is 14.7. The second-order valence-electron chi connectivity index (χ2n) is 4.19. The fourth-order valence-corrected chi connectivity index (χ4v) is 1.57. The van der Waals surface area contributed by atoms with Gasteiger partial charge in [-0.05, 0) is 30.2 Å². The highest BCUT2D eigenvalue weighted by atomic mass is 19.1. The second-order valence-corrected chi connectivity index (χ2v) is 4.19. The van der Waals surface area contributed by atoms with Crippen molar-refractivity contribution in [3.63, 3.8) is 0 Å². The molecule has 0 unspecified atom stereocenters. The Hall–Kier alpha value is -2.74. The third kappa shape index (κ3) is 4.69. The molecule has 0 spiro atoms. The Bertz CT molecular complexity index is 690. The molecule has 5 heteroatoms. The SMILES string of the molecule is O=C(CCC#Cc1ccccn1)Nc1ccc(F)cc1F. The highest BCUT2D eigenvalue weighted by Crippen LogP contribution is 2.15. The van der Waals surface area contributed by atoms with Crippen molar-refractivity contribution in [2.75, 3.05) is 5.32 Å². The van der Waals surface area contributed by atoms with E-state index in [1.54, 1.807) is 18.3 Å². The van der Waals surface area contributed by atoms with Crippen molar-refractivity contribution in [3.05, 3.63) is 59.9 Å². The lowest BCUT2D eigenvalue weighted by atomic mass is 10.2. The maximum Gasteiger partial charge on any atom is 0.225 e. The summed E-state index contributed by atoms with van der Waals surface area (Å²) < 4.78 is 26.0. The molecule has 0 aliphatic carbocycles. The Labute approximate surface area is 121 Å². The van der Waals surface area contributed by atoms with Crippen molar-refractivity contribution in [3.8, 4) is 11.8 Å². The lowest BCUT2D eigenvalue weighted by molar-refractivity contribution is -0.116. The van der Waals surface area contributed by atoms with Crippen LogP contribution >= 0.6 is 0 Å². The summed E-state index contributed by atoms with van der Waals surface area (Å²) in [5.41, 5.74) is 0.585. The molecule has 3 nitrogen and oxygen atoms in total. The molecule has 21 heavy (non-hydrogen) atoms. The van der Waals surface area contributed by atoms with Crippen molar-refractivity contribution >= 4 is 11.6 Å². The minimum atomic E-state index is -0.803. The van der Waals surface area contributed by atoms with E-state index in [2.05, 4.69) is 22.1 Å². The van der Waals surface area contributed by atoms with Crippen LogP contribution in [0.25, 0.3) is 0 Å². The molecule has 1 aromatic carbocycles. The first-order valence-electron chi connectivity index (χ1n) is 6.30. The third-order valence-corrected chi connectivity index (χ3v) is 2.56. The van der Waals surface area contributed by atoms with Gasteiger partial charge in [0.25, 0.3) is 0 Å². The molecule has 0 saturated carbocycles. The standard InChI is InChI=1S/C16H12F2N2O/c17-12-8-9-15(14(18)11-12)20-16(21)7-2-1-5-13-6-3-4-10-19-13/h3-4,6,8-11H,2,7H2,(H,20,21). The van der Waals surface area contributed by atoms with Crippen molar-refractivity contribution in [2.24, 2.45) is 0 Å². The highest BCUT2D eigenvalue weighted by Gasteiger charge is 2.07. The van der Waals surface area contributed by atoms with Gasteiger partial charge in [0.05, 0.1) is 5.69 Å². The van der Waals surface area contributed by atoms with Gasteiger partial charge in [-0.2, -0.15) is 0 Å². The van der Waals surface area contributed by atoms with Gasteiger partial charge in [0.2, 0.25) is 5.91 Å². The van der Waals surface area contributed by atoms with Crippen LogP contribution in [0.5, 0.6) is 0 Å². The molecule has 1 heterocycles. The predicted molar refractivity (Wildman–Crippen MR) is 75.3 cm³/mol. The Morgan fingerprint density at radius 2 is 2.10 bits per heavy atom. The molecule has 1 amide bonds. The number of amides is 1. The van der Waals surface area contributed by atoms with Crippen molar-refractivity contribution in [1.29, 1.82) is 0 Å². The summed E-state index contributed by atoms with van der Waals surface area (Å²) in [7, 11) is 0. The number of hydrogen-bond donors (Lipinski definition) is 1. The largest absolute Gasteiger partial charge is 0.324 e. The number of anilines is 1. The van der Waals surface area contributed by atoms with E-state index in [-0.39, 0.29) is 18.0 Å². The number of rotatable bonds is 3. The lowest BCUT2D eigenvalue weighted by Crippen LogP contribution is -2.12. The van der Waals surface area contributed by atoms with Gasteiger partial charge in [-0.15, -0.1) is 0 Å². The number of carbonyl (C=O) groups is 1. The Kier molecular flexibility index (Phi) is 4.99. The summed E-state index contributed by atoms with van der Waals surface area (Å²) in [6.07, 6.45) is 2.08. The normalized spacial score (nSPS) is 9.62. The van der Waals surface area contributed by atoms with Crippen molar-refractivity contribution in [2.45, 2.75) is 12.8 Å². The lowest BCUT2D eigenvalue weighted by Gasteiger charge is -2.04. The zero-order valence-corrected chi connectivity index (χ0v) is 11.1. The van der Waals surface area contributed by atoms with Gasteiger partial charge < -0.3 is 5.32 Å². The Balaban J connectivity index is 1.84. The molecule has 0 aliphatic heterocycles. The maximum absolute atomic E-state index is 13.3. The van der Waals surface area contributed by atoms with E-state index in [0.717, 1.165) is 12.1 Å². The topological polar surface area (TPSA) is 42.0 Å². The van der Waals surface area contributed by atoms with Crippen molar-refractivity contribution < 1.29 is 13.6 Å². The quantitative estimate of drug-likeness (QED) is 0.881. The Morgan fingerprint density at radius 3 is 2.81 bits per heavy atom. The summed E-state index contributed by atoms with van der Waals surface area (Å²) >= 11 is 0. The average Bonchev–Trinajstić information content (AvgIpc) is 2.48. The number of benzene rings is 1. The minimum absolute atomic E-state index is 0.0425. The number of aromatic nitrogens is 1. The minimum Gasteiger partial charge on any atom is -0.324 e. The molecule has 106 valence electrons. The number of nitrogens with zero attached hydrogens (tertiary/aromatic N) is 1. The molecule has 1 aromatic heterocycles. The smallest absolute Gasteiger partial charge is 0.225 e. The van der Waals surface area contributed by atoms with Crippen LogP contribution in [-0.4, -0.2) is 10.9 Å². The van der Waals surface area contributed by atoms with E-state index < -0.39 is 11.6 Å². The van der Waals surface area contributed by atoms with Crippen LogP contribution in [0.2, 0.25) is 0 Å². The van der Waals surface area contributed by atoms with Crippen LogP contribution in [0.15, 0.2) is 42.6 Å². The van der Waals surface area contributed by atoms with E-state index in [1.165, 1.54) is 6.07 Å². The molecule has 0 fully saturated rings. The molecule has 0 aliphatic rings. The van der Waals surface area contributed by atoms with Gasteiger partial charge in [-0.25, -0.2) is 13.8 Å². The summed E-state index contributed by atoms with van der Waals surface area (Å²) in [5, 5.41) is 2.37. The predicted octanol–water partition coefficient (Wildman–Crippen LogP) is 3.13. The average molecular weight is 286 g/mol. The van der Waals surface area contributed by atoms with Gasteiger partial charge in [0, 0.05) is 25.1 Å². The third-order valence-electron chi connectivity index (χ3n) is 2.56. The van der Waals surface area contributed by atoms with Crippen LogP contribution in [0.1, 0.15) is 18.5 Å². The number of pyridine rings is 1. The number of hydrogen-bond acceptors (Lipinski definition) is 2. The molecule has 0 bridgehead atoms. The fourth-order valence-electron chi connectivity index (χ4n) is 1.57. The molecule has 0 atom stereocenters. The van der Waals surface area contributed by atoms with Gasteiger partial charge in [-0.3, -0.25) is 4.79 Å². The molecular formula is C16H12F2N2O. The molecular weight excluding hydrogens is 274 g/mol. The summed E-state index contributed by atoms with van der Waals surface area (Å²) in [4.78, 5) is 15.6. The van der Waals surface area contributed by atoms with Crippen LogP contribution < -0.4 is 5.32 Å². The molecule has 0 saturated heterocycles. The van der Waals surface area contributed by atoms with Gasteiger partial charge in [0.1, 0.15) is 17.3 Å². The molecule has 1 N–H and O–H groups in total. The summed E-state index contributed by atoms with van der Waals surface area (Å²) in [6, 6.07) is 8.36. The monoisotopic (exact) mass is 286 g/mol. The first-order valence-corrected chi connectivity index (χ1v) is 6.30. The van der Waals surface area contributed by atoms with Crippen LogP contribution in [0.4, 0.5) is 14.5 Å². The fraction of sp³-hybridized carbons (Fsp3) is 0.125. The van der Waals surface area contributed by atoms with E-state index in [0.29, 0.717) is 12.1 Å². The Morgan fingerprint density at radius 1 is 1.24 bits per heavy atom. The zero-order chi connectivity index (χ0) is 15.1. The molecule has 2 aromatic rings. The van der Waals surface area contributed by atoms with Gasteiger partial charge in [0.15, 0.2) is 0 Å².